The fourth-order valence-corrected chi connectivity index (χ4v) is 2.39. The van der Waals surface area contributed by atoms with Gasteiger partial charge in [-0.3, -0.25) is 14.9 Å². The van der Waals surface area contributed by atoms with E-state index in [4.69, 9.17) is 4.74 Å². The van der Waals surface area contributed by atoms with Gasteiger partial charge in [-0.15, -0.1) is 0 Å². The van der Waals surface area contributed by atoms with Crippen LogP contribution in [0.15, 0.2) is 42.5 Å². The van der Waals surface area contributed by atoms with E-state index in [-0.39, 0.29) is 11.6 Å². The van der Waals surface area contributed by atoms with Crippen LogP contribution in [0.4, 0.5) is 10.1 Å². The van der Waals surface area contributed by atoms with Crippen LogP contribution in [0.5, 0.6) is 5.75 Å². The Hall–Kier alpha value is -2.96. The minimum Gasteiger partial charge on any atom is -0.496 e. The van der Waals surface area contributed by atoms with Gasteiger partial charge in [0.1, 0.15) is 5.75 Å². The van der Waals surface area contributed by atoms with Gasteiger partial charge in [-0.25, -0.2) is 0 Å². The Morgan fingerprint density at radius 3 is 2.58 bits per heavy atom. The lowest BCUT2D eigenvalue weighted by atomic mass is 10.0. The first-order chi connectivity index (χ1) is 11.4. The largest absolute Gasteiger partial charge is 0.496 e. The number of carbonyl (C=O) groups is 1. The smallest absolute Gasteiger partial charge is 0.305 e. The first-order valence-electron chi connectivity index (χ1n) is 7.20. The summed E-state index contributed by atoms with van der Waals surface area (Å²) in [7, 11) is 3.12. The lowest BCUT2D eigenvalue weighted by molar-refractivity contribution is -0.387. The predicted octanol–water partition coefficient (Wildman–Crippen LogP) is 3.58. The Morgan fingerprint density at radius 2 is 1.96 bits per heavy atom. The van der Waals surface area contributed by atoms with Crippen molar-refractivity contribution in [1.29, 1.82) is 0 Å². The molecule has 0 bridgehead atoms. The number of rotatable bonds is 5. The van der Waals surface area contributed by atoms with Crippen LogP contribution in [0.1, 0.15) is 28.9 Å². The molecule has 0 fully saturated rings. The monoisotopic (exact) mass is 332 g/mol. The number of nitro groups is 1. The molecule has 0 radical (unpaired) electrons. The van der Waals surface area contributed by atoms with E-state index in [2.05, 4.69) is 0 Å². The number of amides is 1. The van der Waals surface area contributed by atoms with E-state index in [1.807, 2.05) is 25.1 Å². The molecule has 0 N–H and O–H groups in total. The minimum atomic E-state index is -0.975. The lowest BCUT2D eigenvalue weighted by Crippen LogP contribution is -2.30. The highest BCUT2D eigenvalue weighted by Crippen LogP contribution is 2.29. The zero-order chi connectivity index (χ0) is 17.9. The maximum Gasteiger partial charge on any atom is 0.305 e. The molecule has 2 rings (SSSR count). The maximum atomic E-state index is 13.4. The van der Waals surface area contributed by atoms with Crippen LogP contribution in [0.3, 0.4) is 0 Å². The van der Waals surface area contributed by atoms with E-state index >= 15 is 0 Å². The summed E-state index contributed by atoms with van der Waals surface area (Å²) in [5.74, 6) is -0.789. The van der Waals surface area contributed by atoms with Crippen molar-refractivity contribution in [2.75, 3.05) is 14.2 Å². The molecule has 126 valence electrons. The molecule has 0 aliphatic heterocycles. The highest BCUT2D eigenvalue weighted by atomic mass is 19.1. The first-order valence-corrected chi connectivity index (χ1v) is 7.20. The van der Waals surface area contributed by atoms with Crippen LogP contribution >= 0.6 is 0 Å². The Labute approximate surface area is 138 Å². The van der Waals surface area contributed by atoms with Crippen LogP contribution in [0, 0.1) is 15.9 Å². The van der Waals surface area contributed by atoms with Gasteiger partial charge in [0, 0.05) is 24.2 Å². The molecule has 0 spiro atoms. The van der Waals surface area contributed by atoms with Crippen LogP contribution in [0.25, 0.3) is 0 Å². The molecule has 7 heteroatoms. The molecule has 0 unspecified atom stereocenters. The molecule has 2 aromatic rings. The SMILES string of the molecule is COc1ccccc1[C@H](C)N(C)C(=O)c1ccc(F)c([N+](=O)[O-])c1. The van der Waals surface area contributed by atoms with Crippen molar-refractivity contribution < 1.29 is 18.8 Å². The van der Waals surface area contributed by atoms with E-state index in [1.54, 1.807) is 13.1 Å². The van der Waals surface area contributed by atoms with Gasteiger partial charge in [0.15, 0.2) is 0 Å². The van der Waals surface area contributed by atoms with Crippen molar-refractivity contribution >= 4 is 11.6 Å². The van der Waals surface area contributed by atoms with E-state index < -0.39 is 22.3 Å². The van der Waals surface area contributed by atoms with Crippen molar-refractivity contribution in [2.45, 2.75) is 13.0 Å². The summed E-state index contributed by atoms with van der Waals surface area (Å²) in [6.45, 7) is 1.81. The average Bonchev–Trinajstić information content (AvgIpc) is 2.59. The standard InChI is InChI=1S/C17H17FN2O4/c1-11(13-6-4-5-7-16(13)24-3)19(2)17(21)12-8-9-14(18)15(10-12)20(22)23/h4-11H,1-3H3/t11-/m0/s1. The molecular formula is C17H17FN2O4. The topological polar surface area (TPSA) is 72.7 Å². The van der Waals surface area contributed by atoms with E-state index in [1.165, 1.54) is 18.1 Å². The molecule has 0 aliphatic carbocycles. The van der Waals surface area contributed by atoms with Crippen molar-refractivity contribution in [3.05, 3.63) is 69.5 Å². The third kappa shape index (κ3) is 3.34. The molecule has 0 heterocycles. The van der Waals surface area contributed by atoms with Crippen molar-refractivity contribution in [2.24, 2.45) is 0 Å². The molecule has 1 amide bonds. The maximum absolute atomic E-state index is 13.4. The fraction of sp³-hybridized carbons (Fsp3) is 0.235. The number of nitro benzene ring substituents is 1. The highest BCUT2D eigenvalue weighted by Gasteiger charge is 2.24. The number of hydrogen-bond donors (Lipinski definition) is 0. The van der Waals surface area contributed by atoms with Crippen molar-refractivity contribution in [3.63, 3.8) is 0 Å². The zero-order valence-corrected chi connectivity index (χ0v) is 13.5. The third-order valence-electron chi connectivity index (χ3n) is 3.88. The number of methoxy groups -OCH3 is 1. The lowest BCUT2D eigenvalue weighted by Gasteiger charge is -2.26. The van der Waals surface area contributed by atoms with Gasteiger partial charge in [0.25, 0.3) is 5.91 Å². The summed E-state index contributed by atoms with van der Waals surface area (Å²) in [6, 6.07) is 10.0. The van der Waals surface area contributed by atoms with Gasteiger partial charge in [-0.2, -0.15) is 4.39 Å². The highest BCUT2D eigenvalue weighted by molar-refractivity contribution is 5.95. The van der Waals surface area contributed by atoms with Crippen LogP contribution in [-0.4, -0.2) is 29.9 Å². The number of ether oxygens (including phenoxy) is 1. The Bertz CT molecular complexity index is 779. The molecule has 1 atom stereocenters. The van der Waals surface area contributed by atoms with Crippen LogP contribution in [0.2, 0.25) is 0 Å². The van der Waals surface area contributed by atoms with Gasteiger partial charge in [-0.05, 0) is 25.1 Å². The molecular weight excluding hydrogens is 315 g/mol. The molecule has 2 aromatic carbocycles. The number of benzene rings is 2. The van der Waals surface area contributed by atoms with Gasteiger partial charge < -0.3 is 9.64 Å². The van der Waals surface area contributed by atoms with Gasteiger partial charge in [-0.1, -0.05) is 18.2 Å². The third-order valence-corrected chi connectivity index (χ3v) is 3.88. The molecule has 6 nitrogen and oxygen atoms in total. The van der Waals surface area contributed by atoms with E-state index in [0.29, 0.717) is 5.75 Å². The summed E-state index contributed by atoms with van der Waals surface area (Å²) in [4.78, 5) is 24.0. The zero-order valence-electron chi connectivity index (χ0n) is 13.5. The van der Waals surface area contributed by atoms with E-state index in [0.717, 1.165) is 17.7 Å². The quantitative estimate of drug-likeness (QED) is 0.620. The second-order valence-corrected chi connectivity index (χ2v) is 5.26. The second kappa shape index (κ2) is 7.08. The Balaban J connectivity index is 2.32. The number of para-hydroxylation sites is 1. The summed E-state index contributed by atoms with van der Waals surface area (Å²) < 4.78 is 18.7. The molecule has 0 saturated heterocycles. The van der Waals surface area contributed by atoms with Crippen molar-refractivity contribution in [3.8, 4) is 5.75 Å². The summed E-state index contributed by atoms with van der Waals surface area (Å²) in [5.41, 5.74) is 0.124. The second-order valence-electron chi connectivity index (χ2n) is 5.26. The predicted molar refractivity (Wildman–Crippen MR) is 86.6 cm³/mol. The summed E-state index contributed by atoms with van der Waals surface area (Å²) in [5, 5.41) is 10.8. The Morgan fingerprint density at radius 1 is 1.29 bits per heavy atom. The van der Waals surface area contributed by atoms with Crippen molar-refractivity contribution in [1.82, 2.24) is 4.90 Å². The molecule has 0 aromatic heterocycles. The average molecular weight is 332 g/mol. The number of carbonyl (C=O) groups excluding carboxylic acids is 1. The first kappa shape index (κ1) is 17.4. The summed E-state index contributed by atoms with van der Waals surface area (Å²) in [6.07, 6.45) is 0. The van der Waals surface area contributed by atoms with Gasteiger partial charge >= 0.3 is 5.69 Å². The molecule has 0 saturated carbocycles. The summed E-state index contributed by atoms with van der Waals surface area (Å²) >= 11 is 0. The molecule has 24 heavy (non-hydrogen) atoms. The van der Waals surface area contributed by atoms with Crippen LogP contribution < -0.4 is 4.74 Å². The number of halogens is 1. The minimum absolute atomic E-state index is 0.0485. The van der Waals surface area contributed by atoms with Crippen LogP contribution in [-0.2, 0) is 0 Å². The number of hydrogen-bond acceptors (Lipinski definition) is 4. The van der Waals surface area contributed by atoms with Gasteiger partial charge in [0.2, 0.25) is 5.82 Å². The normalized spacial score (nSPS) is 11.7. The fourth-order valence-electron chi connectivity index (χ4n) is 2.39. The van der Waals surface area contributed by atoms with Gasteiger partial charge in [0.05, 0.1) is 18.1 Å². The van der Waals surface area contributed by atoms with E-state index in [9.17, 15) is 19.3 Å². The molecule has 0 aliphatic rings. The number of nitrogens with zero attached hydrogens (tertiary/aromatic N) is 2. The Kier molecular flexibility index (Phi) is 5.13.